The van der Waals surface area contributed by atoms with Gasteiger partial charge >= 0.3 is 5.97 Å². The molecule has 0 atom stereocenters. The summed E-state index contributed by atoms with van der Waals surface area (Å²) in [4.78, 5) is 10.8. The van der Waals surface area contributed by atoms with E-state index in [1.165, 1.54) is 4.68 Å². The Labute approximate surface area is 111 Å². The molecule has 2 rings (SSSR count). The first kappa shape index (κ1) is 14.0. The van der Waals surface area contributed by atoms with Crippen LogP contribution in [-0.4, -0.2) is 34.8 Å². The molecule has 0 spiro atoms. The van der Waals surface area contributed by atoms with Crippen LogP contribution in [0, 0.1) is 13.8 Å². The summed E-state index contributed by atoms with van der Waals surface area (Å²) in [5.41, 5.74) is 0.291. The zero-order valence-electron chi connectivity index (χ0n) is 11.1. The molecule has 1 aliphatic rings. The molecule has 2 N–H and O–H groups in total. The summed E-state index contributed by atoms with van der Waals surface area (Å²) in [5, 5.41) is 12.7. The van der Waals surface area contributed by atoms with Gasteiger partial charge in [0, 0.05) is 5.54 Å². The molecule has 1 aromatic heterocycles. The highest BCUT2D eigenvalue weighted by atomic mass is 32.2. The summed E-state index contributed by atoms with van der Waals surface area (Å²) >= 11 is 0. The lowest BCUT2D eigenvalue weighted by Crippen LogP contribution is -2.34. The standard InChI is InChI=1S/C11H17N3O4S/c1-7-10(8(2)14(12-7)6-9(15)16)19(17,18)13-11(3)4-5-11/h13H,4-6H2,1-3H3,(H,15,16). The van der Waals surface area contributed by atoms with Crippen molar-refractivity contribution in [2.75, 3.05) is 0 Å². The van der Waals surface area contributed by atoms with Crippen molar-refractivity contribution in [1.29, 1.82) is 0 Å². The van der Waals surface area contributed by atoms with Crippen LogP contribution in [0.5, 0.6) is 0 Å². The Balaban J connectivity index is 2.39. The Kier molecular flexibility index (Phi) is 3.18. The van der Waals surface area contributed by atoms with Crippen LogP contribution in [0.25, 0.3) is 0 Å². The molecular weight excluding hydrogens is 270 g/mol. The highest BCUT2D eigenvalue weighted by Gasteiger charge is 2.42. The monoisotopic (exact) mass is 287 g/mol. The van der Waals surface area contributed by atoms with Crippen molar-refractivity contribution in [1.82, 2.24) is 14.5 Å². The van der Waals surface area contributed by atoms with Crippen LogP contribution in [-0.2, 0) is 21.4 Å². The van der Waals surface area contributed by atoms with E-state index in [0.717, 1.165) is 12.8 Å². The first-order valence-electron chi connectivity index (χ1n) is 5.94. The first-order chi connectivity index (χ1) is 8.65. The number of nitrogens with one attached hydrogen (secondary N) is 1. The Morgan fingerprint density at radius 3 is 2.53 bits per heavy atom. The number of carboxylic acid groups (broad SMARTS) is 1. The minimum Gasteiger partial charge on any atom is -0.480 e. The molecule has 1 heterocycles. The van der Waals surface area contributed by atoms with E-state index < -0.39 is 16.0 Å². The SMILES string of the molecule is Cc1nn(CC(=O)O)c(C)c1S(=O)(=O)NC1(C)CC1. The molecule has 1 aromatic rings. The van der Waals surface area contributed by atoms with Crippen molar-refractivity contribution >= 4 is 16.0 Å². The van der Waals surface area contributed by atoms with E-state index in [-0.39, 0.29) is 17.0 Å². The third-order valence-corrected chi connectivity index (χ3v) is 5.14. The van der Waals surface area contributed by atoms with Gasteiger partial charge in [0.1, 0.15) is 11.4 Å². The fourth-order valence-electron chi connectivity index (χ4n) is 2.02. The predicted octanol–water partition coefficient (Wildman–Crippen LogP) is 0.415. The van der Waals surface area contributed by atoms with E-state index in [9.17, 15) is 13.2 Å². The molecule has 0 radical (unpaired) electrons. The summed E-state index contributed by atoms with van der Waals surface area (Å²) in [5.74, 6) is -1.06. The summed E-state index contributed by atoms with van der Waals surface area (Å²) in [6, 6.07) is 0. The number of hydrogen-bond donors (Lipinski definition) is 2. The molecule has 1 saturated carbocycles. The molecule has 7 nitrogen and oxygen atoms in total. The van der Waals surface area contributed by atoms with E-state index in [4.69, 9.17) is 5.11 Å². The molecule has 0 aromatic carbocycles. The van der Waals surface area contributed by atoms with Gasteiger partial charge in [-0.15, -0.1) is 0 Å². The zero-order valence-corrected chi connectivity index (χ0v) is 11.9. The molecule has 1 fully saturated rings. The van der Waals surface area contributed by atoms with Gasteiger partial charge in [0.25, 0.3) is 0 Å². The van der Waals surface area contributed by atoms with E-state index in [0.29, 0.717) is 11.4 Å². The van der Waals surface area contributed by atoms with Gasteiger partial charge in [0.15, 0.2) is 0 Å². The normalized spacial score (nSPS) is 17.4. The largest absolute Gasteiger partial charge is 0.480 e. The maximum atomic E-state index is 12.3. The van der Waals surface area contributed by atoms with Crippen molar-refractivity contribution in [2.24, 2.45) is 0 Å². The second kappa shape index (κ2) is 4.31. The third-order valence-electron chi connectivity index (χ3n) is 3.25. The summed E-state index contributed by atoms with van der Waals surface area (Å²) in [6.07, 6.45) is 1.63. The van der Waals surface area contributed by atoms with Crippen molar-refractivity contribution in [3.05, 3.63) is 11.4 Å². The smallest absolute Gasteiger partial charge is 0.325 e. The van der Waals surface area contributed by atoms with Crippen LogP contribution in [0.1, 0.15) is 31.2 Å². The molecule has 106 valence electrons. The Bertz CT molecular complexity index is 629. The van der Waals surface area contributed by atoms with Crippen LogP contribution in [0.3, 0.4) is 0 Å². The van der Waals surface area contributed by atoms with Gasteiger partial charge in [-0.05, 0) is 33.6 Å². The molecule has 0 unspecified atom stereocenters. The number of aryl methyl sites for hydroxylation is 1. The van der Waals surface area contributed by atoms with Crippen LogP contribution in [0.4, 0.5) is 0 Å². The van der Waals surface area contributed by atoms with E-state index in [1.807, 2.05) is 6.92 Å². The van der Waals surface area contributed by atoms with Gasteiger partial charge in [-0.2, -0.15) is 5.10 Å². The van der Waals surface area contributed by atoms with E-state index in [1.54, 1.807) is 13.8 Å². The van der Waals surface area contributed by atoms with E-state index in [2.05, 4.69) is 9.82 Å². The molecule has 19 heavy (non-hydrogen) atoms. The van der Waals surface area contributed by atoms with Gasteiger partial charge in [-0.1, -0.05) is 0 Å². The summed E-state index contributed by atoms with van der Waals surface area (Å²) < 4.78 is 28.5. The summed E-state index contributed by atoms with van der Waals surface area (Å²) in [7, 11) is -3.66. The summed E-state index contributed by atoms with van der Waals surface area (Å²) in [6.45, 7) is 4.62. The van der Waals surface area contributed by atoms with Crippen LogP contribution in [0.2, 0.25) is 0 Å². The average Bonchev–Trinajstić information content (AvgIpc) is 2.84. The van der Waals surface area contributed by atoms with Crippen LogP contribution in [0.15, 0.2) is 4.90 Å². The Morgan fingerprint density at radius 1 is 1.47 bits per heavy atom. The average molecular weight is 287 g/mol. The quantitative estimate of drug-likeness (QED) is 0.817. The van der Waals surface area contributed by atoms with Crippen molar-refractivity contribution < 1.29 is 18.3 Å². The lowest BCUT2D eigenvalue weighted by molar-refractivity contribution is -0.137. The van der Waals surface area contributed by atoms with Crippen molar-refractivity contribution in [3.63, 3.8) is 0 Å². The fraction of sp³-hybridized carbons (Fsp3) is 0.636. The minimum atomic E-state index is -3.66. The number of aromatic nitrogens is 2. The predicted molar refractivity (Wildman–Crippen MR) is 67.3 cm³/mol. The number of carbonyl (C=O) groups is 1. The second-order valence-electron chi connectivity index (χ2n) is 5.22. The van der Waals surface area contributed by atoms with Crippen LogP contribution < -0.4 is 4.72 Å². The molecule has 0 amide bonds. The van der Waals surface area contributed by atoms with Crippen molar-refractivity contribution in [2.45, 2.75) is 50.6 Å². The highest BCUT2D eigenvalue weighted by Crippen LogP contribution is 2.36. The van der Waals surface area contributed by atoms with Gasteiger partial charge in [0.05, 0.1) is 11.4 Å². The molecule has 1 aliphatic carbocycles. The number of carboxylic acids is 1. The molecule has 0 bridgehead atoms. The van der Waals surface area contributed by atoms with Gasteiger partial charge in [-0.3, -0.25) is 9.48 Å². The van der Waals surface area contributed by atoms with Gasteiger partial charge in [-0.25, -0.2) is 13.1 Å². The maximum Gasteiger partial charge on any atom is 0.325 e. The number of sulfonamides is 1. The number of aliphatic carboxylic acids is 1. The highest BCUT2D eigenvalue weighted by molar-refractivity contribution is 7.89. The minimum absolute atomic E-state index is 0.0851. The zero-order chi connectivity index (χ0) is 14.4. The lowest BCUT2D eigenvalue weighted by atomic mass is 10.4. The molecule has 0 aliphatic heterocycles. The number of nitrogens with zero attached hydrogens (tertiary/aromatic N) is 2. The topological polar surface area (TPSA) is 101 Å². The van der Waals surface area contributed by atoms with Gasteiger partial charge in [0.2, 0.25) is 10.0 Å². The second-order valence-corrected chi connectivity index (χ2v) is 6.84. The van der Waals surface area contributed by atoms with Crippen LogP contribution >= 0.6 is 0 Å². The Hall–Kier alpha value is -1.41. The molecule has 8 heteroatoms. The maximum absolute atomic E-state index is 12.3. The molecular formula is C11H17N3O4S. The van der Waals surface area contributed by atoms with Gasteiger partial charge < -0.3 is 5.11 Å². The lowest BCUT2D eigenvalue weighted by Gasteiger charge is -2.12. The fourth-order valence-corrected chi connectivity index (χ4v) is 3.90. The molecule has 0 saturated heterocycles. The number of rotatable bonds is 5. The van der Waals surface area contributed by atoms with E-state index >= 15 is 0 Å². The third kappa shape index (κ3) is 2.79. The Morgan fingerprint density at radius 2 is 2.05 bits per heavy atom. The number of hydrogen-bond acceptors (Lipinski definition) is 4. The first-order valence-corrected chi connectivity index (χ1v) is 7.43. The van der Waals surface area contributed by atoms with Crippen molar-refractivity contribution in [3.8, 4) is 0 Å².